The van der Waals surface area contributed by atoms with Gasteiger partial charge in [0.25, 0.3) is 5.69 Å². The van der Waals surface area contributed by atoms with Gasteiger partial charge in [0, 0.05) is 41.3 Å². The zero-order valence-corrected chi connectivity index (χ0v) is 14.7. The lowest BCUT2D eigenvalue weighted by molar-refractivity contribution is -0.384. The summed E-state index contributed by atoms with van der Waals surface area (Å²) in [6, 6.07) is 10.7. The van der Waals surface area contributed by atoms with Crippen LogP contribution < -0.4 is 0 Å². The molecule has 6 nitrogen and oxygen atoms in total. The van der Waals surface area contributed by atoms with Gasteiger partial charge in [0.1, 0.15) is 5.75 Å². The lowest BCUT2D eigenvalue weighted by Crippen LogP contribution is -2.07. The highest BCUT2D eigenvalue weighted by Gasteiger charge is 2.23. The lowest BCUT2D eigenvalue weighted by atomic mass is 9.98. The van der Waals surface area contributed by atoms with Crippen molar-refractivity contribution in [3.05, 3.63) is 69.4 Å². The number of carbonyl (C=O) groups excluding carboxylic acids is 1. The van der Waals surface area contributed by atoms with Gasteiger partial charge in [-0.25, -0.2) is 0 Å². The van der Waals surface area contributed by atoms with Gasteiger partial charge < -0.3 is 9.67 Å². The number of carbonyl (C=O) groups is 1. The van der Waals surface area contributed by atoms with Crippen LogP contribution in [0.3, 0.4) is 0 Å². The summed E-state index contributed by atoms with van der Waals surface area (Å²) < 4.78 is 1.95. The third-order valence-corrected chi connectivity index (χ3v) is 4.64. The van der Waals surface area contributed by atoms with Gasteiger partial charge in [-0.2, -0.15) is 0 Å². The Morgan fingerprint density at radius 2 is 1.88 bits per heavy atom. The van der Waals surface area contributed by atoms with Gasteiger partial charge in [0.2, 0.25) is 0 Å². The Balaban J connectivity index is 2.24. The van der Waals surface area contributed by atoms with Crippen molar-refractivity contribution in [2.45, 2.75) is 26.2 Å². The fourth-order valence-electron chi connectivity index (χ4n) is 3.25. The molecular formula is C20H20N2O4. The van der Waals surface area contributed by atoms with Crippen LogP contribution in [0, 0.1) is 10.1 Å². The van der Waals surface area contributed by atoms with E-state index in [9.17, 15) is 20.0 Å². The third-order valence-electron chi connectivity index (χ3n) is 4.64. The largest absolute Gasteiger partial charge is 0.508 e. The summed E-state index contributed by atoms with van der Waals surface area (Å²) in [6.07, 6.45) is 2.62. The highest BCUT2D eigenvalue weighted by molar-refractivity contribution is 6.17. The normalized spacial score (nSPS) is 11.0. The number of phenols is 1. The van der Waals surface area contributed by atoms with Gasteiger partial charge >= 0.3 is 0 Å². The Morgan fingerprint density at radius 1 is 1.19 bits per heavy atom. The van der Waals surface area contributed by atoms with Crippen LogP contribution in [-0.2, 0) is 13.5 Å². The lowest BCUT2D eigenvalue weighted by Gasteiger charge is -2.07. The average molecular weight is 352 g/mol. The molecule has 0 radical (unpaired) electrons. The second-order valence-electron chi connectivity index (χ2n) is 6.32. The average Bonchev–Trinajstić information content (AvgIpc) is 2.91. The molecule has 0 saturated carbocycles. The van der Waals surface area contributed by atoms with Crippen molar-refractivity contribution in [1.29, 1.82) is 0 Å². The Hall–Kier alpha value is -3.15. The number of phenolic OH excluding ortho intramolecular Hbond substituents is 1. The number of fused-ring (bicyclic) bond motifs is 1. The smallest absolute Gasteiger partial charge is 0.270 e. The molecule has 0 aliphatic rings. The summed E-state index contributed by atoms with van der Waals surface area (Å²) in [5.41, 5.74) is 2.58. The predicted molar refractivity (Wildman–Crippen MR) is 99.7 cm³/mol. The summed E-state index contributed by atoms with van der Waals surface area (Å²) in [5.74, 6) is -0.108. The van der Waals surface area contributed by atoms with Crippen LogP contribution in [0.5, 0.6) is 5.75 Å². The van der Waals surface area contributed by atoms with Crippen LogP contribution in [0.25, 0.3) is 10.9 Å². The van der Waals surface area contributed by atoms with E-state index in [1.54, 1.807) is 18.2 Å². The number of nitro groups is 1. The number of hydrogen-bond acceptors (Lipinski definition) is 4. The maximum atomic E-state index is 13.2. The minimum absolute atomic E-state index is 0.0371. The topological polar surface area (TPSA) is 85.4 Å². The molecule has 0 spiro atoms. The minimum Gasteiger partial charge on any atom is -0.508 e. The molecule has 0 amide bonds. The monoisotopic (exact) mass is 352 g/mol. The number of benzene rings is 2. The van der Waals surface area contributed by atoms with E-state index in [4.69, 9.17) is 0 Å². The van der Waals surface area contributed by atoms with Gasteiger partial charge in [0.05, 0.1) is 10.5 Å². The van der Waals surface area contributed by atoms with E-state index in [1.165, 1.54) is 24.3 Å². The molecule has 0 aliphatic heterocycles. The summed E-state index contributed by atoms with van der Waals surface area (Å²) in [4.78, 5) is 23.9. The molecule has 1 aromatic heterocycles. The fourth-order valence-corrected chi connectivity index (χ4v) is 3.25. The van der Waals surface area contributed by atoms with E-state index in [-0.39, 0.29) is 17.2 Å². The van der Waals surface area contributed by atoms with Gasteiger partial charge in [0.15, 0.2) is 5.78 Å². The van der Waals surface area contributed by atoms with Gasteiger partial charge in [-0.3, -0.25) is 14.9 Å². The van der Waals surface area contributed by atoms with E-state index >= 15 is 0 Å². The van der Waals surface area contributed by atoms with Crippen molar-refractivity contribution >= 4 is 22.4 Å². The zero-order valence-electron chi connectivity index (χ0n) is 14.7. The first-order chi connectivity index (χ1) is 12.4. The van der Waals surface area contributed by atoms with Crippen molar-refractivity contribution < 1.29 is 14.8 Å². The first-order valence-electron chi connectivity index (χ1n) is 8.53. The van der Waals surface area contributed by atoms with E-state index in [1.807, 2.05) is 11.6 Å². The Morgan fingerprint density at radius 3 is 2.50 bits per heavy atom. The van der Waals surface area contributed by atoms with Crippen LogP contribution in [-0.4, -0.2) is 20.4 Å². The maximum absolute atomic E-state index is 13.2. The maximum Gasteiger partial charge on any atom is 0.270 e. The Labute approximate surface area is 150 Å². The minimum atomic E-state index is -0.451. The molecule has 134 valence electrons. The van der Waals surface area contributed by atoms with E-state index in [0.717, 1.165) is 24.1 Å². The number of nitrogens with zero attached hydrogens (tertiary/aromatic N) is 2. The van der Waals surface area contributed by atoms with E-state index in [0.29, 0.717) is 22.9 Å². The van der Waals surface area contributed by atoms with Crippen molar-refractivity contribution in [3.8, 4) is 5.75 Å². The summed E-state index contributed by atoms with van der Waals surface area (Å²) >= 11 is 0. The predicted octanol–water partition coefficient (Wildman–Crippen LogP) is 4.37. The molecule has 3 aromatic rings. The number of ketones is 1. The zero-order chi connectivity index (χ0) is 18.8. The van der Waals surface area contributed by atoms with Crippen molar-refractivity contribution in [2.24, 2.45) is 7.05 Å². The van der Waals surface area contributed by atoms with Crippen LogP contribution in [0.1, 0.15) is 41.4 Å². The molecular weight excluding hydrogens is 332 g/mol. The quantitative estimate of drug-likeness (QED) is 0.405. The molecule has 3 rings (SSSR count). The van der Waals surface area contributed by atoms with Crippen molar-refractivity contribution in [1.82, 2.24) is 4.57 Å². The third kappa shape index (κ3) is 3.06. The number of aromatic hydroxyl groups is 1. The Bertz CT molecular complexity index is 987. The standard InChI is InChI=1S/C20H20N2O4/c1-3-4-5-18-19(20(24)13-6-9-15(23)10-7-13)16-12-14(22(25)26)8-11-17(16)21(18)2/h6-12,23H,3-5H2,1-2H3. The van der Waals surface area contributed by atoms with Crippen LogP contribution in [0.2, 0.25) is 0 Å². The van der Waals surface area contributed by atoms with Crippen LogP contribution >= 0.6 is 0 Å². The molecule has 0 saturated heterocycles. The number of nitro benzene ring substituents is 1. The molecule has 0 unspecified atom stereocenters. The van der Waals surface area contributed by atoms with Gasteiger partial charge in [-0.05, 0) is 43.2 Å². The second-order valence-corrected chi connectivity index (χ2v) is 6.32. The molecule has 2 aromatic carbocycles. The number of unbranched alkanes of at least 4 members (excludes halogenated alkanes) is 1. The first kappa shape index (κ1) is 17.7. The van der Waals surface area contributed by atoms with Crippen LogP contribution in [0.15, 0.2) is 42.5 Å². The molecule has 6 heteroatoms. The molecule has 0 atom stereocenters. The molecule has 0 aliphatic carbocycles. The number of aryl methyl sites for hydroxylation is 1. The summed E-state index contributed by atoms with van der Waals surface area (Å²) in [5, 5.41) is 21.2. The van der Waals surface area contributed by atoms with Crippen LogP contribution in [0.4, 0.5) is 5.69 Å². The molecule has 0 bridgehead atoms. The Kier molecular flexibility index (Phi) is 4.75. The summed E-state index contributed by atoms with van der Waals surface area (Å²) in [6.45, 7) is 2.08. The molecule has 26 heavy (non-hydrogen) atoms. The molecule has 0 fully saturated rings. The molecule has 1 heterocycles. The highest BCUT2D eigenvalue weighted by Crippen LogP contribution is 2.32. The number of rotatable bonds is 6. The van der Waals surface area contributed by atoms with Gasteiger partial charge in [-0.15, -0.1) is 0 Å². The van der Waals surface area contributed by atoms with E-state index < -0.39 is 4.92 Å². The second kappa shape index (κ2) is 7.00. The summed E-state index contributed by atoms with van der Waals surface area (Å²) in [7, 11) is 1.88. The highest BCUT2D eigenvalue weighted by atomic mass is 16.6. The number of non-ortho nitro benzene ring substituents is 1. The fraction of sp³-hybridized carbons (Fsp3) is 0.250. The number of aromatic nitrogens is 1. The SMILES string of the molecule is CCCCc1c(C(=O)c2ccc(O)cc2)c2cc([N+](=O)[O-])ccc2n1C. The molecule has 1 N–H and O–H groups in total. The first-order valence-corrected chi connectivity index (χ1v) is 8.53. The van der Waals surface area contributed by atoms with E-state index in [2.05, 4.69) is 6.92 Å². The van der Waals surface area contributed by atoms with Crippen molar-refractivity contribution in [2.75, 3.05) is 0 Å². The number of hydrogen-bond donors (Lipinski definition) is 1. The van der Waals surface area contributed by atoms with Gasteiger partial charge in [-0.1, -0.05) is 13.3 Å². The van der Waals surface area contributed by atoms with Crippen molar-refractivity contribution in [3.63, 3.8) is 0 Å².